The van der Waals surface area contributed by atoms with Crippen molar-refractivity contribution >= 4 is 5.69 Å². The van der Waals surface area contributed by atoms with Crippen LogP contribution in [-0.2, 0) is 0 Å². The first kappa shape index (κ1) is 12.3. The molecule has 1 aliphatic rings. The lowest BCUT2D eigenvalue weighted by atomic mass is 10.2. The molecule has 3 N–H and O–H groups in total. The molecule has 2 rings (SSSR count). The summed E-state index contributed by atoms with van der Waals surface area (Å²) >= 11 is 0. The molecule has 0 aromatic carbocycles. The molecule has 0 aliphatic carbocycles. The third-order valence-electron chi connectivity index (χ3n) is 3.12. The Kier molecular flexibility index (Phi) is 3.61. The van der Waals surface area contributed by atoms with Crippen molar-refractivity contribution in [1.82, 2.24) is 4.98 Å². The van der Waals surface area contributed by atoms with Crippen LogP contribution in [0.15, 0.2) is 18.3 Å². The number of aliphatic hydroxyl groups is 3. The molecule has 5 nitrogen and oxygen atoms in total. The van der Waals surface area contributed by atoms with Crippen molar-refractivity contribution in [1.29, 1.82) is 0 Å². The number of hydrogen-bond acceptors (Lipinski definition) is 5. The number of nitrogens with zero attached hydrogens (tertiary/aromatic N) is 2. The van der Waals surface area contributed by atoms with Gasteiger partial charge in [0.15, 0.2) is 0 Å². The molecule has 2 heterocycles. The first-order valence-corrected chi connectivity index (χ1v) is 5.87. The summed E-state index contributed by atoms with van der Waals surface area (Å²) in [7, 11) is 0. The third kappa shape index (κ3) is 2.57. The number of pyridine rings is 1. The van der Waals surface area contributed by atoms with E-state index in [0.717, 1.165) is 5.69 Å². The lowest BCUT2D eigenvalue weighted by Crippen LogP contribution is -2.22. The van der Waals surface area contributed by atoms with E-state index in [0.29, 0.717) is 25.2 Å². The van der Waals surface area contributed by atoms with E-state index in [2.05, 4.69) is 4.98 Å². The molecule has 1 fully saturated rings. The van der Waals surface area contributed by atoms with E-state index >= 15 is 0 Å². The summed E-state index contributed by atoms with van der Waals surface area (Å²) < 4.78 is 0. The SMILES string of the molecule is CC[C@H](O)c1ccc(N2CC(O)C(O)C2)cn1. The Labute approximate surface area is 100 Å². The molecular formula is C12H18N2O3. The molecule has 1 aromatic rings. The van der Waals surface area contributed by atoms with Gasteiger partial charge >= 0.3 is 0 Å². The predicted molar refractivity (Wildman–Crippen MR) is 63.7 cm³/mol. The van der Waals surface area contributed by atoms with Gasteiger partial charge in [0, 0.05) is 13.1 Å². The molecule has 94 valence electrons. The maximum atomic E-state index is 9.61. The van der Waals surface area contributed by atoms with Gasteiger partial charge in [-0.1, -0.05) is 6.92 Å². The van der Waals surface area contributed by atoms with Crippen molar-refractivity contribution in [3.63, 3.8) is 0 Å². The second-order valence-electron chi connectivity index (χ2n) is 4.40. The molecule has 0 radical (unpaired) electrons. The van der Waals surface area contributed by atoms with E-state index in [1.165, 1.54) is 0 Å². The Morgan fingerprint density at radius 3 is 2.47 bits per heavy atom. The van der Waals surface area contributed by atoms with E-state index in [1.807, 2.05) is 17.9 Å². The van der Waals surface area contributed by atoms with E-state index in [-0.39, 0.29) is 0 Å². The molecule has 2 unspecified atom stereocenters. The summed E-state index contributed by atoms with van der Waals surface area (Å²) in [5, 5.41) is 28.5. The van der Waals surface area contributed by atoms with Gasteiger partial charge in [0.1, 0.15) is 0 Å². The minimum atomic E-state index is -0.698. The molecule has 5 heteroatoms. The van der Waals surface area contributed by atoms with Crippen LogP contribution in [0, 0.1) is 0 Å². The molecule has 0 spiro atoms. The minimum absolute atomic E-state index is 0.415. The largest absolute Gasteiger partial charge is 0.389 e. The van der Waals surface area contributed by atoms with Crippen molar-refractivity contribution in [2.45, 2.75) is 31.7 Å². The van der Waals surface area contributed by atoms with Crippen LogP contribution in [0.4, 0.5) is 5.69 Å². The zero-order valence-corrected chi connectivity index (χ0v) is 9.82. The second kappa shape index (κ2) is 5.00. The Balaban J connectivity index is 2.08. The third-order valence-corrected chi connectivity index (χ3v) is 3.12. The summed E-state index contributed by atoms with van der Waals surface area (Å²) in [6, 6.07) is 3.63. The van der Waals surface area contributed by atoms with Gasteiger partial charge < -0.3 is 20.2 Å². The van der Waals surface area contributed by atoms with Gasteiger partial charge in [0.05, 0.1) is 35.9 Å². The Hall–Kier alpha value is -1.17. The number of anilines is 1. The Morgan fingerprint density at radius 1 is 1.35 bits per heavy atom. The Bertz CT molecular complexity index is 359. The average molecular weight is 238 g/mol. The minimum Gasteiger partial charge on any atom is -0.389 e. The molecule has 1 saturated heterocycles. The van der Waals surface area contributed by atoms with E-state index in [4.69, 9.17) is 0 Å². The highest BCUT2D eigenvalue weighted by atomic mass is 16.3. The summed E-state index contributed by atoms with van der Waals surface area (Å²) in [5.74, 6) is 0. The van der Waals surface area contributed by atoms with Crippen molar-refractivity contribution in [2.75, 3.05) is 18.0 Å². The van der Waals surface area contributed by atoms with Crippen LogP contribution in [0.25, 0.3) is 0 Å². The zero-order valence-electron chi connectivity index (χ0n) is 9.82. The maximum absolute atomic E-state index is 9.61. The summed E-state index contributed by atoms with van der Waals surface area (Å²) in [5.41, 5.74) is 1.50. The zero-order chi connectivity index (χ0) is 12.4. The highest BCUT2D eigenvalue weighted by molar-refractivity contribution is 5.46. The Morgan fingerprint density at radius 2 is 2.00 bits per heavy atom. The van der Waals surface area contributed by atoms with Gasteiger partial charge in [-0.25, -0.2) is 0 Å². The fraction of sp³-hybridized carbons (Fsp3) is 0.583. The van der Waals surface area contributed by atoms with Gasteiger partial charge in [-0.05, 0) is 18.6 Å². The molecule has 0 amide bonds. The van der Waals surface area contributed by atoms with Gasteiger partial charge in [-0.15, -0.1) is 0 Å². The van der Waals surface area contributed by atoms with Crippen LogP contribution in [0.2, 0.25) is 0 Å². The highest BCUT2D eigenvalue weighted by Crippen LogP contribution is 2.22. The van der Waals surface area contributed by atoms with Crippen molar-refractivity contribution in [3.8, 4) is 0 Å². The van der Waals surface area contributed by atoms with Gasteiger partial charge in [0.25, 0.3) is 0 Å². The topological polar surface area (TPSA) is 76.8 Å². The van der Waals surface area contributed by atoms with E-state index < -0.39 is 18.3 Å². The summed E-state index contributed by atoms with van der Waals surface area (Å²) in [6.07, 6.45) is 0.373. The van der Waals surface area contributed by atoms with E-state index in [1.54, 1.807) is 12.3 Å². The van der Waals surface area contributed by atoms with Crippen LogP contribution >= 0.6 is 0 Å². The first-order valence-electron chi connectivity index (χ1n) is 5.87. The molecule has 1 aliphatic heterocycles. The molecule has 17 heavy (non-hydrogen) atoms. The van der Waals surface area contributed by atoms with Crippen LogP contribution in [0.5, 0.6) is 0 Å². The smallest absolute Gasteiger partial charge is 0.0990 e. The summed E-state index contributed by atoms with van der Waals surface area (Å²) in [4.78, 5) is 6.07. The normalized spacial score (nSPS) is 26.2. The average Bonchev–Trinajstić information content (AvgIpc) is 2.69. The van der Waals surface area contributed by atoms with Crippen molar-refractivity contribution in [3.05, 3.63) is 24.0 Å². The summed E-state index contributed by atoms with van der Waals surface area (Å²) in [6.45, 7) is 2.73. The van der Waals surface area contributed by atoms with E-state index in [9.17, 15) is 15.3 Å². The fourth-order valence-corrected chi connectivity index (χ4v) is 1.97. The van der Waals surface area contributed by atoms with Crippen LogP contribution in [0.3, 0.4) is 0 Å². The molecular weight excluding hydrogens is 220 g/mol. The maximum Gasteiger partial charge on any atom is 0.0990 e. The van der Waals surface area contributed by atoms with Crippen molar-refractivity contribution < 1.29 is 15.3 Å². The van der Waals surface area contributed by atoms with Crippen LogP contribution in [0.1, 0.15) is 25.1 Å². The van der Waals surface area contributed by atoms with Gasteiger partial charge in [-0.2, -0.15) is 0 Å². The molecule has 1 aromatic heterocycles. The monoisotopic (exact) mass is 238 g/mol. The standard InChI is InChI=1S/C12H18N2O3/c1-2-10(15)9-4-3-8(5-13-9)14-6-11(16)12(17)7-14/h3-5,10-12,15-17H,2,6-7H2,1H3/t10-,11?,12?/m0/s1. The number of rotatable bonds is 3. The highest BCUT2D eigenvalue weighted by Gasteiger charge is 2.29. The van der Waals surface area contributed by atoms with Gasteiger partial charge in [0.2, 0.25) is 0 Å². The lowest BCUT2D eigenvalue weighted by molar-refractivity contribution is 0.0572. The molecule has 0 saturated carbocycles. The van der Waals surface area contributed by atoms with Crippen LogP contribution < -0.4 is 4.90 Å². The predicted octanol–water partition coefficient (Wildman–Crippen LogP) is 0.0668. The van der Waals surface area contributed by atoms with Crippen LogP contribution in [-0.4, -0.2) is 45.6 Å². The number of aliphatic hydroxyl groups excluding tert-OH is 3. The quantitative estimate of drug-likeness (QED) is 0.694. The first-order chi connectivity index (χ1) is 8.11. The number of β-amino-alcohol motifs (C(OH)–C–C–N with tert-alkyl or cyclic N) is 2. The molecule has 3 atom stereocenters. The van der Waals surface area contributed by atoms with Crippen molar-refractivity contribution in [2.24, 2.45) is 0 Å². The van der Waals surface area contributed by atoms with Gasteiger partial charge in [-0.3, -0.25) is 4.98 Å². The number of hydrogen-bond donors (Lipinski definition) is 3. The fourth-order valence-electron chi connectivity index (χ4n) is 1.97. The lowest BCUT2D eigenvalue weighted by Gasteiger charge is -2.17. The second-order valence-corrected chi connectivity index (χ2v) is 4.40. The molecule has 0 bridgehead atoms. The number of aromatic nitrogens is 1.